The van der Waals surface area contributed by atoms with Crippen molar-refractivity contribution in [2.75, 3.05) is 18.5 Å². The molecule has 0 saturated heterocycles. The molecule has 3 aromatic rings. The number of aromatic nitrogens is 2. The molecule has 0 atom stereocenters. The van der Waals surface area contributed by atoms with Crippen LogP contribution >= 0.6 is 0 Å². The minimum atomic E-state index is -0.324. The number of aryl methyl sites for hydroxylation is 2. The van der Waals surface area contributed by atoms with Crippen molar-refractivity contribution in [1.29, 1.82) is 0 Å². The van der Waals surface area contributed by atoms with E-state index in [1.54, 1.807) is 12.1 Å². The standard InChI is InChI=1S/C19H18FN3O/c20-16-5-2-6-17-18(16)19(23-12-22-17)21-9-10-24-15-8-7-13-3-1-4-14(13)11-15/h2,5-8,11-12H,1,3-4,9-10H2,(H,21,22,23). The van der Waals surface area contributed by atoms with E-state index in [2.05, 4.69) is 27.4 Å². The van der Waals surface area contributed by atoms with E-state index in [1.165, 1.54) is 36.4 Å². The molecule has 0 fully saturated rings. The van der Waals surface area contributed by atoms with Crippen LogP contribution in [-0.2, 0) is 12.8 Å². The highest BCUT2D eigenvalue weighted by atomic mass is 19.1. The van der Waals surface area contributed by atoms with Crippen molar-refractivity contribution >= 4 is 16.7 Å². The largest absolute Gasteiger partial charge is 0.492 e. The molecule has 1 aliphatic carbocycles. The zero-order valence-electron chi connectivity index (χ0n) is 13.3. The molecule has 0 amide bonds. The zero-order valence-corrected chi connectivity index (χ0v) is 13.3. The minimum Gasteiger partial charge on any atom is -0.492 e. The number of nitrogens with one attached hydrogen (secondary N) is 1. The monoisotopic (exact) mass is 323 g/mol. The van der Waals surface area contributed by atoms with Gasteiger partial charge in [-0.3, -0.25) is 0 Å². The van der Waals surface area contributed by atoms with Crippen LogP contribution in [0.25, 0.3) is 10.9 Å². The third kappa shape index (κ3) is 2.89. The van der Waals surface area contributed by atoms with Crippen molar-refractivity contribution in [2.45, 2.75) is 19.3 Å². The molecule has 0 saturated carbocycles. The van der Waals surface area contributed by atoms with E-state index >= 15 is 0 Å². The van der Waals surface area contributed by atoms with Gasteiger partial charge in [-0.05, 0) is 54.7 Å². The average Bonchev–Trinajstić information content (AvgIpc) is 3.07. The van der Waals surface area contributed by atoms with Gasteiger partial charge in [-0.1, -0.05) is 12.1 Å². The van der Waals surface area contributed by atoms with E-state index in [0.29, 0.717) is 29.9 Å². The van der Waals surface area contributed by atoms with Crippen LogP contribution in [0.4, 0.5) is 10.2 Å². The molecule has 0 radical (unpaired) electrons. The molecule has 0 bridgehead atoms. The zero-order chi connectivity index (χ0) is 16.4. The molecule has 1 heterocycles. The fraction of sp³-hybridized carbons (Fsp3) is 0.263. The molecule has 1 N–H and O–H groups in total. The number of fused-ring (bicyclic) bond motifs is 2. The second kappa shape index (κ2) is 6.43. The summed E-state index contributed by atoms with van der Waals surface area (Å²) in [7, 11) is 0. The van der Waals surface area contributed by atoms with Gasteiger partial charge in [-0.25, -0.2) is 14.4 Å². The lowest BCUT2D eigenvalue weighted by Gasteiger charge is -2.11. The first-order chi connectivity index (χ1) is 11.8. The number of nitrogens with zero attached hydrogens (tertiary/aromatic N) is 2. The summed E-state index contributed by atoms with van der Waals surface area (Å²) in [6.07, 6.45) is 4.97. The Balaban J connectivity index is 1.40. The van der Waals surface area contributed by atoms with Gasteiger partial charge in [0.2, 0.25) is 0 Å². The Kier molecular flexibility index (Phi) is 3.99. The molecular weight excluding hydrogens is 305 g/mol. The summed E-state index contributed by atoms with van der Waals surface area (Å²) in [5.41, 5.74) is 3.42. The molecule has 122 valence electrons. The third-order valence-electron chi connectivity index (χ3n) is 4.35. The molecule has 24 heavy (non-hydrogen) atoms. The van der Waals surface area contributed by atoms with Crippen LogP contribution in [0.5, 0.6) is 5.75 Å². The van der Waals surface area contributed by atoms with Crippen LogP contribution in [0.15, 0.2) is 42.7 Å². The van der Waals surface area contributed by atoms with Crippen molar-refractivity contribution in [3.05, 3.63) is 59.7 Å². The van der Waals surface area contributed by atoms with E-state index < -0.39 is 0 Å². The molecule has 2 aromatic carbocycles. The number of hydrogen-bond acceptors (Lipinski definition) is 4. The first kappa shape index (κ1) is 14.9. The Labute approximate surface area is 139 Å². The minimum absolute atomic E-state index is 0.324. The maximum Gasteiger partial charge on any atom is 0.140 e. The Morgan fingerprint density at radius 3 is 2.96 bits per heavy atom. The highest BCUT2D eigenvalue weighted by Gasteiger charge is 2.11. The summed E-state index contributed by atoms with van der Waals surface area (Å²) in [6.45, 7) is 1.02. The maximum atomic E-state index is 14.0. The van der Waals surface area contributed by atoms with E-state index in [1.807, 2.05) is 6.07 Å². The molecule has 0 spiro atoms. The summed E-state index contributed by atoms with van der Waals surface area (Å²) in [5.74, 6) is 1.06. The van der Waals surface area contributed by atoms with Gasteiger partial charge in [0.05, 0.1) is 17.4 Å². The van der Waals surface area contributed by atoms with Gasteiger partial charge in [-0.2, -0.15) is 0 Å². The quantitative estimate of drug-likeness (QED) is 0.727. The van der Waals surface area contributed by atoms with Gasteiger partial charge in [0, 0.05) is 0 Å². The second-order valence-corrected chi connectivity index (χ2v) is 5.92. The fourth-order valence-electron chi connectivity index (χ4n) is 3.18. The van der Waals surface area contributed by atoms with Crippen LogP contribution in [0.3, 0.4) is 0 Å². The molecule has 0 unspecified atom stereocenters. The number of ether oxygens (including phenoxy) is 1. The molecular formula is C19H18FN3O. The first-order valence-corrected chi connectivity index (χ1v) is 8.19. The highest BCUT2D eigenvalue weighted by Crippen LogP contribution is 2.26. The van der Waals surface area contributed by atoms with Crippen LogP contribution in [0.2, 0.25) is 0 Å². The van der Waals surface area contributed by atoms with Gasteiger partial charge < -0.3 is 10.1 Å². The van der Waals surface area contributed by atoms with Gasteiger partial charge in [0.25, 0.3) is 0 Å². The van der Waals surface area contributed by atoms with Gasteiger partial charge in [0.1, 0.15) is 30.3 Å². The Morgan fingerprint density at radius 2 is 2.00 bits per heavy atom. The molecule has 1 aliphatic rings. The SMILES string of the molecule is Fc1cccc2ncnc(NCCOc3ccc4c(c3)CCC4)c12. The predicted octanol–water partition coefficient (Wildman–Crippen LogP) is 3.75. The Bertz CT molecular complexity index is 876. The number of halogens is 1. The third-order valence-corrected chi connectivity index (χ3v) is 4.35. The van der Waals surface area contributed by atoms with Crippen molar-refractivity contribution in [2.24, 2.45) is 0 Å². The predicted molar refractivity (Wildman–Crippen MR) is 91.9 cm³/mol. The van der Waals surface area contributed by atoms with Crippen molar-refractivity contribution in [1.82, 2.24) is 9.97 Å². The topological polar surface area (TPSA) is 47.0 Å². The summed E-state index contributed by atoms with van der Waals surface area (Å²) in [5, 5.41) is 3.55. The van der Waals surface area contributed by atoms with Crippen LogP contribution in [0, 0.1) is 5.82 Å². The summed E-state index contributed by atoms with van der Waals surface area (Å²) < 4.78 is 19.8. The number of rotatable bonds is 5. The first-order valence-electron chi connectivity index (χ1n) is 8.19. The average molecular weight is 323 g/mol. The normalized spacial score (nSPS) is 13.0. The van der Waals surface area contributed by atoms with E-state index in [-0.39, 0.29) is 5.82 Å². The summed E-state index contributed by atoms with van der Waals surface area (Å²) >= 11 is 0. The molecule has 4 rings (SSSR count). The number of hydrogen-bond donors (Lipinski definition) is 1. The van der Waals surface area contributed by atoms with E-state index in [0.717, 1.165) is 12.2 Å². The van der Waals surface area contributed by atoms with Gasteiger partial charge >= 0.3 is 0 Å². The molecule has 1 aromatic heterocycles. The molecule has 4 nitrogen and oxygen atoms in total. The fourth-order valence-corrected chi connectivity index (χ4v) is 3.18. The molecule has 5 heteroatoms. The van der Waals surface area contributed by atoms with Crippen LogP contribution < -0.4 is 10.1 Å². The lowest BCUT2D eigenvalue weighted by atomic mass is 10.1. The summed E-state index contributed by atoms with van der Waals surface area (Å²) in [6, 6.07) is 11.1. The highest BCUT2D eigenvalue weighted by molar-refractivity contribution is 5.89. The van der Waals surface area contributed by atoms with Crippen molar-refractivity contribution < 1.29 is 9.13 Å². The smallest absolute Gasteiger partial charge is 0.140 e. The van der Waals surface area contributed by atoms with Crippen LogP contribution in [0.1, 0.15) is 17.5 Å². The van der Waals surface area contributed by atoms with Crippen molar-refractivity contribution in [3.8, 4) is 5.75 Å². The molecule has 0 aliphatic heterocycles. The van der Waals surface area contributed by atoms with E-state index in [9.17, 15) is 4.39 Å². The Hall–Kier alpha value is -2.69. The second-order valence-electron chi connectivity index (χ2n) is 5.92. The van der Waals surface area contributed by atoms with Crippen molar-refractivity contribution in [3.63, 3.8) is 0 Å². The maximum absolute atomic E-state index is 14.0. The number of benzene rings is 2. The van der Waals surface area contributed by atoms with Gasteiger partial charge in [0.15, 0.2) is 0 Å². The Morgan fingerprint density at radius 1 is 1.08 bits per heavy atom. The van der Waals surface area contributed by atoms with Gasteiger partial charge in [-0.15, -0.1) is 0 Å². The van der Waals surface area contributed by atoms with E-state index in [4.69, 9.17) is 4.74 Å². The lowest BCUT2D eigenvalue weighted by Crippen LogP contribution is -2.13. The van der Waals surface area contributed by atoms with Crippen LogP contribution in [-0.4, -0.2) is 23.1 Å². The summed E-state index contributed by atoms with van der Waals surface area (Å²) in [4.78, 5) is 8.23. The number of anilines is 1. The lowest BCUT2D eigenvalue weighted by molar-refractivity contribution is 0.332.